The predicted molar refractivity (Wildman–Crippen MR) is 87.3 cm³/mol. The summed E-state index contributed by atoms with van der Waals surface area (Å²) in [5.41, 5.74) is 7.82. The molecule has 22 heavy (non-hydrogen) atoms. The van der Waals surface area contributed by atoms with Crippen molar-refractivity contribution >= 4 is 11.6 Å². The van der Waals surface area contributed by atoms with E-state index >= 15 is 0 Å². The van der Waals surface area contributed by atoms with Crippen molar-refractivity contribution in [2.45, 2.75) is 13.0 Å². The number of benzene rings is 1. The third-order valence-corrected chi connectivity index (χ3v) is 3.23. The Kier molecular flexibility index (Phi) is 4.25. The maximum absolute atomic E-state index is 5.57. The van der Waals surface area contributed by atoms with Crippen molar-refractivity contribution in [2.75, 3.05) is 11.1 Å². The van der Waals surface area contributed by atoms with Gasteiger partial charge >= 0.3 is 0 Å². The van der Waals surface area contributed by atoms with Crippen LogP contribution in [0.25, 0.3) is 0 Å². The summed E-state index contributed by atoms with van der Waals surface area (Å²) in [4.78, 5) is 12.9. The fourth-order valence-electron chi connectivity index (χ4n) is 2.09. The van der Waals surface area contributed by atoms with Crippen molar-refractivity contribution in [3.63, 3.8) is 0 Å². The highest BCUT2D eigenvalue weighted by molar-refractivity contribution is 5.36. The fraction of sp³-hybridized carbons (Fsp3) is 0.118. The van der Waals surface area contributed by atoms with Gasteiger partial charge in [0.1, 0.15) is 17.5 Å². The van der Waals surface area contributed by atoms with Gasteiger partial charge in [0.25, 0.3) is 0 Å². The van der Waals surface area contributed by atoms with Crippen molar-refractivity contribution in [1.82, 2.24) is 15.0 Å². The molecule has 0 aliphatic carbocycles. The molecule has 1 aromatic carbocycles. The third-order valence-electron chi connectivity index (χ3n) is 3.23. The van der Waals surface area contributed by atoms with Gasteiger partial charge < -0.3 is 11.1 Å². The van der Waals surface area contributed by atoms with Gasteiger partial charge in [0.15, 0.2) is 0 Å². The van der Waals surface area contributed by atoms with Gasteiger partial charge in [0, 0.05) is 25.4 Å². The second kappa shape index (κ2) is 6.67. The lowest BCUT2D eigenvalue weighted by atomic mass is 10.1. The largest absolute Gasteiger partial charge is 0.384 e. The number of nitrogens with two attached hydrogens (primary N) is 1. The van der Waals surface area contributed by atoms with Crippen LogP contribution in [-0.4, -0.2) is 15.0 Å². The van der Waals surface area contributed by atoms with E-state index in [-0.39, 0.29) is 0 Å². The highest BCUT2D eigenvalue weighted by Crippen LogP contribution is 2.09. The van der Waals surface area contributed by atoms with E-state index in [0.29, 0.717) is 12.4 Å². The number of nitrogens with zero attached hydrogens (tertiary/aromatic N) is 3. The Balaban J connectivity index is 1.65. The van der Waals surface area contributed by atoms with Crippen LogP contribution < -0.4 is 11.1 Å². The number of anilines is 2. The summed E-state index contributed by atoms with van der Waals surface area (Å²) in [5, 5.41) is 3.27. The van der Waals surface area contributed by atoms with Gasteiger partial charge in [0.2, 0.25) is 0 Å². The molecule has 0 atom stereocenters. The zero-order valence-electron chi connectivity index (χ0n) is 12.1. The van der Waals surface area contributed by atoms with E-state index in [9.17, 15) is 0 Å². The smallest absolute Gasteiger partial charge is 0.135 e. The molecule has 5 nitrogen and oxygen atoms in total. The monoisotopic (exact) mass is 291 g/mol. The molecule has 110 valence electrons. The van der Waals surface area contributed by atoms with Crippen LogP contribution in [-0.2, 0) is 13.0 Å². The molecule has 5 heteroatoms. The summed E-state index contributed by atoms with van der Waals surface area (Å²) in [6.07, 6.45) is 4.25. The number of hydrogen-bond donors (Lipinski definition) is 2. The maximum Gasteiger partial charge on any atom is 0.135 e. The van der Waals surface area contributed by atoms with Gasteiger partial charge in [-0.25, -0.2) is 15.0 Å². The fourth-order valence-corrected chi connectivity index (χ4v) is 2.09. The molecule has 0 saturated heterocycles. The zero-order chi connectivity index (χ0) is 15.2. The number of hydrogen-bond acceptors (Lipinski definition) is 5. The quantitative estimate of drug-likeness (QED) is 0.755. The minimum Gasteiger partial charge on any atom is -0.384 e. The highest BCUT2D eigenvalue weighted by atomic mass is 15.0. The van der Waals surface area contributed by atoms with Crippen LogP contribution in [0.4, 0.5) is 11.6 Å². The number of nitrogen functional groups attached to an aromatic ring is 1. The minimum atomic E-state index is 0.524. The summed E-state index contributed by atoms with van der Waals surface area (Å²) < 4.78 is 0. The molecule has 0 radical (unpaired) electrons. The van der Waals surface area contributed by atoms with Crippen molar-refractivity contribution in [1.29, 1.82) is 0 Å². The van der Waals surface area contributed by atoms with Gasteiger partial charge in [-0.05, 0) is 23.3 Å². The first-order valence-corrected chi connectivity index (χ1v) is 7.10. The van der Waals surface area contributed by atoms with Crippen LogP contribution in [0.15, 0.2) is 60.9 Å². The number of nitrogens with one attached hydrogen (secondary N) is 1. The molecule has 2 aromatic heterocycles. The Labute approximate surface area is 129 Å². The normalized spacial score (nSPS) is 10.4. The highest BCUT2D eigenvalue weighted by Gasteiger charge is 2.01. The Morgan fingerprint density at radius 3 is 2.55 bits per heavy atom. The van der Waals surface area contributed by atoms with Crippen LogP contribution in [0.2, 0.25) is 0 Å². The predicted octanol–water partition coefficient (Wildman–Crippen LogP) is 2.66. The third kappa shape index (κ3) is 3.79. The van der Waals surface area contributed by atoms with Gasteiger partial charge in [-0.3, -0.25) is 0 Å². The van der Waals surface area contributed by atoms with E-state index in [1.54, 1.807) is 18.5 Å². The number of aromatic nitrogens is 3. The summed E-state index contributed by atoms with van der Waals surface area (Å²) in [6.45, 7) is 0.648. The lowest BCUT2D eigenvalue weighted by Crippen LogP contribution is -2.05. The summed E-state index contributed by atoms with van der Waals surface area (Å²) >= 11 is 0. The average molecular weight is 291 g/mol. The number of pyridine rings is 1. The molecule has 0 unspecified atom stereocenters. The average Bonchev–Trinajstić information content (AvgIpc) is 2.56. The Hall–Kier alpha value is -2.95. The standard InChI is InChI=1S/C17H17N5/c18-15-7-6-14(11-20-15)12-21-16-8-9-19-17(22-16)10-13-4-2-1-3-5-13/h1-9,11H,10,12H2,(H2,18,20)(H,19,21,22). The van der Waals surface area contributed by atoms with Crippen molar-refractivity contribution in [3.05, 3.63) is 77.9 Å². The molecular formula is C17H17N5. The molecule has 2 heterocycles. The first-order chi connectivity index (χ1) is 10.8. The first-order valence-electron chi connectivity index (χ1n) is 7.10. The van der Waals surface area contributed by atoms with Crippen molar-refractivity contribution in [2.24, 2.45) is 0 Å². The van der Waals surface area contributed by atoms with Gasteiger partial charge in [-0.15, -0.1) is 0 Å². The summed E-state index contributed by atoms with van der Waals surface area (Å²) in [5.74, 6) is 2.13. The molecule has 0 spiro atoms. The first kappa shape index (κ1) is 14.0. The Morgan fingerprint density at radius 2 is 1.77 bits per heavy atom. The van der Waals surface area contributed by atoms with Crippen LogP contribution in [0, 0.1) is 0 Å². The SMILES string of the molecule is Nc1ccc(CNc2ccnc(Cc3ccccc3)n2)cn1. The van der Waals surface area contributed by atoms with Crippen LogP contribution in [0.5, 0.6) is 0 Å². The van der Waals surface area contributed by atoms with E-state index < -0.39 is 0 Å². The molecule has 3 aromatic rings. The van der Waals surface area contributed by atoms with Crippen molar-refractivity contribution < 1.29 is 0 Å². The summed E-state index contributed by atoms with van der Waals surface area (Å²) in [6, 6.07) is 15.8. The molecule has 0 bridgehead atoms. The second-order valence-electron chi connectivity index (χ2n) is 4.97. The van der Waals surface area contributed by atoms with Gasteiger partial charge in [0.05, 0.1) is 0 Å². The zero-order valence-corrected chi connectivity index (χ0v) is 12.1. The molecule has 0 amide bonds. The molecule has 3 rings (SSSR count). The molecule has 0 aliphatic heterocycles. The van der Waals surface area contributed by atoms with E-state index in [1.165, 1.54) is 5.56 Å². The lowest BCUT2D eigenvalue weighted by molar-refractivity contribution is 0.956. The molecular weight excluding hydrogens is 274 g/mol. The minimum absolute atomic E-state index is 0.524. The van der Waals surface area contributed by atoms with E-state index in [4.69, 9.17) is 5.73 Å². The lowest BCUT2D eigenvalue weighted by Gasteiger charge is -2.07. The number of rotatable bonds is 5. The molecule has 0 fully saturated rings. The van der Waals surface area contributed by atoms with Crippen molar-refractivity contribution in [3.8, 4) is 0 Å². The van der Waals surface area contributed by atoms with E-state index in [0.717, 1.165) is 23.6 Å². The molecule has 0 aliphatic rings. The summed E-state index contributed by atoms with van der Waals surface area (Å²) in [7, 11) is 0. The maximum atomic E-state index is 5.57. The van der Waals surface area contributed by atoms with Crippen LogP contribution in [0.3, 0.4) is 0 Å². The molecule has 3 N–H and O–H groups in total. The molecule has 0 saturated carbocycles. The van der Waals surface area contributed by atoms with Gasteiger partial charge in [-0.1, -0.05) is 36.4 Å². The van der Waals surface area contributed by atoms with E-state index in [1.807, 2.05) is 30.3 Å². The Bertz CT molecular complexity index is 726. The van der Waals surface area contributed by atoms with Crippen LogP contribution >= 0.6 is 0 Å². The topological polar surface area (TPSA) is 76.7 Å². The second-order valence-corrected chi connectivity index (χ2v) is 4.97. The van der Waals surface area contributed by atoms with Gasteiger partial charge in [-0.2, -0.15) is 0 Å². The Morgan fingerprint density at radius 1 is 0.909 bits per heavy atom. The van der Waals surface area contributed by atoms with Crippen LogP contribution in [0.1, 0.15) is 17.0 Å². The van der Waals surface area contributed by atoms with E-state index in [2.05, 4.69) is 32.4 Å².